The van der Waals surface area contributed by atoms with Crippen molar-refractivity contribution in [2.24, 2.45) is 0 Å². The third-order valence-corrected chi connectivity index (χ3v) is 6.89. The van der Waals surface area contributed by atoms with Crippen LogP contribution in [-0.2, 0) is 14.8 Å². The smallest absolute Gasteiger partial charge is 0.253 e. The molecule has 2 aromatic carbocycles. The van der Waals surface area contributed by atoms with Gasteiger partial charge in [-0.2, -0.15) is 0 Å². The van der Waals surface area contributed by atoms with Crippen LogP contribution in [0.3, 0.4) is 0 Å². The van der Waals surface area contributed by atoms with Crippen LogP contribution in [0.5, 0.6) is 0 Å². The Bertz CT molecular complexity index is 1030. The first-order valence-electron chi connectivity index (χ1n) is 11.1. The number of amides is 2. The highest BCUT2D eigenvalue weighted by Crippen LogP contribution is 2.24. The van der Waals surface area contributed by atoms with Crippen LogP contribution in [0.1, 0.15) is 55.8 Å². The highest BCUT2D eigenvalue weighted by atomic mass is 32.2. The Kier molecular flexibility index (Phi) is 7.90. The molecule has 1 fully saturated rings. The fraction of sp³-hybridized carbons (Fsp3) is 0.417. The van der Waals surface area contributed by atoms with Crippen LogP contribution in [0, 0.1) is 0 Å². The van der Waals surface area contributed by atoms with Gasteiger partial charge < -0.3 is 10.6 Å². The Hall–Kier alpha value is -2.87. The number of nitrogens with zero attached hydrogens (tertiary/aromatic N) is 1. The fourth-order valence-corrected chi connectivity index (χ4v) is 5.36. The second-order valence-electron chi connectivity index (χ2n) is 8.16. The van der Waals surface area contributed by atoms with Gasteiger partial charge in [0.25, 0.3) is 5.91 Å². The van der Waals surface area contributed by atoms with E-state index in [9.17, 15) is 18.0 Å². The molecule has 2 aromatic rings. The molecule has 2 N–H and O–H groups in total. The van der Waals surface area contributed by atoms with Gasteiger partial charge in [-0.05, 0) is 43.5 Å². The number of benzene rings is 2. The van der Waals surface area contributed by atoms with Crippen molar-refractivity contribution in [1.82, 2.24) is 5.32 Å². The maximum atomic E-state index is 13.2. The molecule has 8 heteroatoms. The summed E-state index contributed by atoms with van der Waals surface area (Å²) in [7, 11) is -3.72. The van der Waals surface area contributed by atoms with E-state index in [-0.39, 0.29) is 18.4 Å². The quantitative estimate of drug-likeness (QED) is 0.628. The van der Waals surface area contributed by atoms with Crippen molar-refractivity contribution >= 4 is 33.2 Å². The van der Waals surface area contributed by atoms with E-state index in [4.69, 9.17) is 0 Å². The minimum Gasteiger partial charge on any atom is -0.349 e. The normalized spacial score (nSPS) is 15.6. The van der Waals surface area contributed by atoms with Gasteiger partial charge in [0.1, 0.15) is 6.04 Å². The number of rotatable bonds is 8. The van der Waals surface area contributed by atoms with Gasteiger partial charge in [-0.1, -0.05) is 56.5 Å². The molecular formula is C24H31N3O4S. The topological polar surface area (TPSA) is 95.6 Å². The van der Waals surface area contributed by atoms with E-state index in [0.29, 0.717) is 16.9 Å². The SMILES string of the molecule is CCC(C(=O)Nc1ccccc1C(=O)NC1CCCCC1)N(c1ccccc1)S(C)(=O)=O. The predicted octanol–water partition coefficient (Wildman–Crippen LogP) is 3.93. The highest BCUT2D eigenvalue weighted by molar-refractivity contribution is 7.92. The Morgan fingerprint density at radius 3 is 2.25 bits per heavy atom. The van der Waals surface area contributed by atoms with Crippen LogP contribution in [-0.4, -0.2) is 38.6 Å². The lowest BCUT2D eigenvalue weighted by Gasteiger charge is -2.30. The van der Waals surface area contributed by atoms with Crippen molar-refractivity contribution in [3.63, 3.8) is 0 Å². The molecule has 172 valence electrons. The van der Waals surface area contributed by atoms with Gasteiger partial charge in [-0.15, -0.1) is 0 Å². The third-order valence-electron chi connectivity index (χ3n) is 5.71. The van der Waals surface area contributed by atoms with Crippen molar-refractivity contribution in [3.8, 4) is 0 Å². The zero-order valence-electron chi connectivity index (χ0n) is 18.6. The van der Waals surface area contributed by atoms with Crippen LogP contribution < -0.4 is 14.9 Å². The third kappa shape index (κ3) is 5.88. The van der Waals surface area contributed by atoms with E-state index < -0.39 is 22.0 Å². The summed E-state index contributed by atoms with van der Waals surface area (Å²) >= 11 is 0. The van der Waals surface area contributed by atoms with Gasteiger partial charge in [0.15, 0.2) is 0 Å². The first-order valence-corrected chi connectivity index (χ1v) is 12.9. The van der Waals surface area contributed by atoms with Crippen molar-refractivity contribution < 1.29 is 18.0 Å². The summed E-state index contributed by atoms with van der Waals surface area (Å²) in [5.74, 6) is -0.719. The summed E-state index contributed by atoms with van der Waals surface area (Å²) in [5, 5.41) is 5.86. The van der Waals surface area contributed by atoms with Gasteiger partial charge >= 0.3 is 0 Å². The van der Waals surface area contributed by atoms with Gasteiger partial charge in [-0.3, -0.25) is 13.9 Å². The van der Waals surface area contributed by atoms with Crippen molar-refractivity contribution in [2.45, 2.75) is 57.5 Å². The summed E-state index contributed by atoms with van der Waals surface area (Å²) < 4.78 is 26.3. The first-order chi connectivity index (χ1) is 15.3. The number of anilines is 2. The van der Waals surface area contributed by atoms with E-state index in [1.165, 1.54) is 6.42 Å². The molecule has 0 heterocycles. The lowest BCUT2D eigenvalue weighted by atomic mass is 9.95. The number of para-hydroxylation sites is 2. The molecule has 0 saturated heterocycles. The predicted molar refractivity (Wildman–Crippen MR) is 127 cm³/mol. The maximum Gasteiger partial charge on any atom is 0.253 e. The van der Waals surface area contributed by atoms with E-state index >= 15 is 0 Å². The van der Waals surface area contributed by atoms with Crippen molar-refractivity contribution in [2.75, 3.05) is 15.9 Å². The zero-order chi connectivity index (χ0) is 23.1. The number of carbonyl (C=O) groups is 2. The zero-order valence-corrected chi connectivity index (χ0v) is 19.4. The molecule has 0 radical (unpaired) electrons. The van der Waals surface area contributed by atoms with E-state index in [1.807, 2.05) is 0 Å². The standard InChI is InChI=1S/C24H31N3O4S/c1-3-22(27(32(2,30)31)19-14-8-5-9-15-19)24(29)26-21-17-11-10-16-20(21)23(28)25-18-12-6-4-7-13-18/h5,8-11,14-18,22H,3-4,6-7,12-13H2,1-2H3,(H,25,28)(H,26,29). The number of nitrogens with one attached hydrogen (secondary N) is 2. The largest absolute Gasteiger partial charge is 0.349 e. The summed E-state index contributed by atoms with van der Waals surface area (Å²) in [6, 6.07) is 14.5. The molecule has 1 aliphatic carbocycles. The molecule has 0 bridgehead atoms. The summed E-state index contributed by atoms with van der Waals surface area (Å²) in [6.45, 7) is 1.76. The van der Waals surface area contributed by atoms with Crippen molar-refractivity contribution in [3.05, 3.63) is 60.2 Å². The first kappa shape index (κ1) is 23.8. The molecular weight excluding hydrogens is 426 g/mol. The maximum absolute atomic E-state index is 13.2. The Balaban J connectivity index is 1.83. The van der Waals surface area contributed by atoms with Crippen LogP contribution in [0.2, 0.25) is 0 Å². The molecule has 0 aromatic heterocycles. The van der Waals surface area contributed by atoms with Crippen LogP contribution in [0.4, 0.5) is 11.4 Å². The average Bonchev–Trinajstić information content (AvgIpc) is 2.78. The second-order valence-corrected chi connectivity index (χ2v) is 10.0. The highest BCUT2D eigenvalue weighted by Gasteiger charge is 2.32. The average molecular weight is 458 g/mol. The second kappa shape index (κ2) is 10.6. The summed E-state index contributed by atoms with van der Waals surface area (Å²) in [4.78, 5) is 26.1. The van der Waals surface area contributed by atoms with Crippen LogP contribution in [0.15, 0.2) is 54.6 Å². The minimum absolute atomic E-state index is 0.141. The van der Waals surface area contributed by atoms with Gasteiger partial charge in [0.2, 0.25) is 15.9 Å². The van der Waals surface area contributed by atoms with Gasteiger partial charge in [0.05, 0.1) is 23.2 Å². The number of sulfonamides is 1. The molecule has 1 saturated carbocycles. The number of hydrogen-bond acceptors (Lipinski definition) is 4. The number of carbonyl (C=O) groups excluding carboxylic acids is 2. The summed E-state index contributed by atoms with van der Waals surface area (Å²) in [5.41, 5.74) is 1.15. The van der Waals surface area contributed by atoms with Crippen molar-refractivity contribution in [1.29, 1.82) is 0 Å². The molecule has 0 aliphatic heterocycles. The van der Waals surface area contributed by atoms with E-state index in [1.54, 1.807) is 61.5 Å². The van der Waals surface area contributed by atoms with Gasteiger partial charge in [-0.25, -0.2) is 8.42 Å². The lowest BCUT2D eigenvalue weighted by molar-refractivity contribution is -0.117. The molecule has 0 spiro atoms. The molecule has 7 nitrogen and oxygen atoms in total. The molecule has 1 unspecified atom stereocenters. The molecule has 32 heavy (non-hydrogen) atoms. The molecule has 1 atom stereocenters. The van der Waals surface area contributed by atoms with E-state index in [0.717, 1.165) is 36.2 Å². The Labute approximate surface area is 190 Å². The van der Waals surface area contributed by atoms with Crippen LogP contribution in [0.25, 0.3) is 0 Å². The minimum atomic E-state index is -3.72. The van der Waals surface area contributed by atoms with Crippen LogP contribution >= 0.6 is 0 Å². The molecule has 1 aliphatic rings. The van der Waals surface area contributed by atoms with Gasteiger partial charge in [0, 0.05) is 6.04 Å². The lowest BCUT2D eigenvalue weighted by Crippen LogP contribution is -2.47. The Morgan fingerprint density at radius 1 is 1.00 bits per heavy atom. The fourth-order valence-electron chi connectivity index (χ4n) is 4.15. The summed E-state index contributed by atoms with van der Waals surface area (Å²) in [6.07, 6.45) is 6.66. The van der Waals surface area contributed by atoms with E-state index in [2.05, 4.69) is 10.6 Å². The number of hydrogen-bond donors (Lipinski definition) is 2. The molecule has 2 amide bonds. The molecule has 3 rings (SSSR count). The Morgan fingerprint density at radius 2 is 1.62 bits per heavy atom. The monoisotopic (exact) mass is 457 g/mol.